The number of carbonyl (C=O) groups excluding carboxylic acids is 1. The predicted molar refractivity (Wildman–Crippen MR) is 68.9 cm³/mol. The Kier molecular flexibility index (Phi) is 5.01. The van der Waals surface area contributed by atoms with Gasteiger partial charge in [0.2, 0.25) is 0 Å². The average molecular weight is 282 g/mol. The first-order valence-corrected chi connectivity index (χ1v) is 5.76. The molecule has 0 aromatic heterocycles. The van der Waals surface area contributed by atoms with Crippen molar-refractivity contribution in [2.45, 2.75) is 6.92 Å². The third kappa shape index (κ3) is 3.44. The van der Waals surface area contributed by atoms with Crippen LogP contribution in [-0.2, 0) is 4.79 Å². The zero-order chi connectivity index (χ0) is 15.3. The number of nitro groups is 1. The van der Waals surface area contributed by atoms with E-state index in [0.29, 0.717) is 0 Å². The van der Waals surface area contributed by atoms with Gasteiger partial charge in [-0.05, 0) is 13.0 Å². The Morgan fingerprint density at radius 1 is 1.45 bits per heavy atom. The highest BCUT2D eigenvalue weighted by Crippen LogP contribution is 2.29. The Morgan fingerprint density at radius 3 is 2.60 bits per heavy atom. The molecule has 0 heterocycles. The Hall–Kier alpha value is -2.64. The maximum atomic E-state index is 12.2. The first kappa shape index (κ1) is 15.4. The maximum Gasteiger partial charge on any atom is 0.323 e. The van der Waals surface area contributed by atoms with Crippen LogP contribution in [0.25, 0.3) is 0 Å². The van der Waals surface area contributed by atoms with Crippen LogP contribution < -0.4 is 4.74 Å². The molecule has 1 amide bonds. The smallest absolute Gasteiger partial charge is 0.323 e. The van der Waals surface area contributed by atoms with E-state index in [1.807, 2.05) is 0 Å². The molecule has 0 aliphatic rings. The summed E-state index contributed by atoms with van der Waals surface area (Å²) in [4.78, 5) is 34.0. The summed E-state index contributed by atoms with van der Waals surface area (Å²) in [6, 6.07) is 4.00. The second-order valence-corrected chi connectivity index (χ2v) is 3.90. The number of carboxylic acid groups (broad SMARTS) is 1. The fourth-order valence-corrected chi connectivity index (χ4v) is 1.63. The van der Waals surface area contributed by atoms with Crippen LogP contribution in [0.2, 0.25) is 0 Å². The summed E-state index contributed by atoms with van der Waals surface area (Å²) in [5.74, 6) is -1.93. The van der Waals surface area contributed by atoms with E-state index in [1.54, 1.807) is 6.92 Å². The van der Waals surface area contributed by atoms with E-state index in [2.05, 4.69) is 0 Å². The van der Waals surface area contributed by atoms with Crippen molar-refractivity contribution >= 4 is 17.6 Å². The van der Waals surface area contributed by atoms with E-state index < -0.39 is 29.0 Å². The third-order valence-corrected chi connectivity index (χ3v) is 2.43. The molecule has 0 atom stereocenters. The van der Waals surface area contributed by atoms with Crippen LogP contribution in [0.3, 0.4) is 0 Å². The van der Waals surface area contributed by atoms with Gasteiger partial charge in [-0.1, -0.05) is 6.07 Å². The van der Waals surface area contributed by atoms with Crippen molar-refractivity contribution in [1.29, 1.82) is 0 Å². The van der Waals surface area contributed by atoms with Gasteiger partial charge in [-0.3, -0.25) is 19.7 Å². The number of nitro benzene ring substituents is 1. The van der Waals surface area contributed by atoms with Gasteiger partial charge in [0.1, 0.15) is 12.3 Å². The Labute approximate surface area is 114 Å². The van der Waals surface area contributed by atoms with E-state index in [0.717, 1.165) is 4.90 Å². The van der Waals surface area contributed by atoms with E-state index in [4.69, 9.17) is 9.84 Å². The Balaban J connectivity index is 3.28. The molecule has 0 aliphatic carbocycles. The fraction of sp³-hybridized carbons (Fsp3) is 0.333. The lowest BCUT2D eigenvalue weighted by atomic mass is 10.1. The quantitative estimate of drug-likeness (QED) is 0.619. The van der Waals surface area contributed by atoms with E-state index in [-0.39, 0.29) is 17.9 Å². The minimum Gasteiger partial charge on any atom is -0.493 e. The molecule has 1 aromatic rings. The molecule has 1 rings (SSSR count). The first-order chi connectivity index (χ1) is 9.38. The summed E-state index contributed by atoms with van der Waals surface area (Å²) in [5, 5.41) is 19.7. The first-order valence-electron chi connectivity index (χ1n) is 5.76. The molecule has 0 unspecified atom stereocenters. The topological polar surface area (TPSA) is 110 Å². The number of nitrogens with zero attached hydrogens (tertiary/aromatic N) is 2. The molecule has 0 bridgehead atoms. The number of aliphatic carboxylic acids is 1. The van der Waals surface area contributed by atoms with Gasteiger partial charge in [0.05, 0.1) is 11.5 Å². The van der Waals surface area contributed by atoms with Crippen molar-refractivity contribution in [3.05, 3.63) is 33.9 Å². The fourth-order valence-electron chi connectivity index (χ4n) is 1.63. The molecule has 8 nitrogen and oxygen atoms in total. The second kappa shape index (κ2) is 6.50. The highest BCUT2D eigenvalue weighted by atomic mass is 16.6. The number of hydrogen-bond donors (Lipinski definition) is 1. The van der Waals surface area contributed by atoms with Crippen LogP contribution in [0.4, 0.5) is 5.69 Å². The summed E-state index contributed by atoms with van der Waals surface area (Å²) >= 11 is 0. The van der Waals surface area contributed by atoms with Crippen molar-refractivity contribution in [3.63, 3.8) is 0 Å². The standard InChI is InChI=1S/C12H14N2O6/c1-3-20-9-6-4-5-8(14(18)19)11(9)12(17)13(2)7-10(15)16/h4-6H,3,7H2,1-2H3,(H,15,16). The van der Waals surface area contributed by atoms with Gasteiger partial charge in [0.15, 0.2) is 5.56 Å². The summed E-state index contributed by atoms with van der Waals surface area (Å²) < 4.78 is 5.20. The SMILES string of the molecule is CCOc1cccc([N+](=O)[O-])c1C(=O)N(C)CC(=O)O. The monoisotopic (exact) mass is 282 g/mol. The van der Waals surface area contributed by atoms with Gasteiger partial charge in [-0.25, -0.2) is 0 Å². The molecular formula is C12H14N2O6. The van der Waals surface area contributed by atoms with Crippen LogP contribution >= 0.6 is 0 Å². The normalized spacial score (nSPS) is 9.90. The molecule has 108 valence electrons. The minimum atomic E-state index is -1.21. The van der Waals surface area contributed by atoms with E-state index >= 15 is 0 Å². The molecule has 0 spiro atoms. The van der Waals surface area contributed by atoms with Gasteiger partial charge in [0.25, 0.3) is 11.6 Å². The summed E-state index contributed by atoms with van der Waals surface area (Å²) in [6.07, 6.45) is 0. The number of amides is 1. The molecule has 1 aromatic carbocycles. The van der Waals surface area contributed by atoms with Gasteiger partial charge in [0, 0.05) is 13.1 Å². The lowest BCUT2D eigenvalue weighted by Gasteiger charge is -2.16. The lowest BCUT2D eigenvalue weighted by molar-refractivity contribution is -0.385. The number of hydrogen-bond acceptors (Lipinski definition) is 5. The number of ether oxygens (including phenoxy) is 1. The molecule has 0 fully saturated rings. The third-order valence-electron chi connectivity index (χ3n) is 2.43. The van der Waals surface area contributed by atoms with Gasteiger partial charge >= 0.3 is 5.97 Å². The summed E-state index contributed by atoms with van der Waals surface area (Å²) in [7, 11) is 1.25. The van der Waals surface area contributed by atoms with E-state index in [1.165, 1.54) is 25.2 Å². The van der Waals surface area contributed by atoms with Gasteiger partial charge < -0.3 is 14.7 Å². The van der Waals surface area contributed by atoms with Crippen molar-refractivity contribution in [3.8, 4) is 5.75 Å². The Bertz CT molecular complexity index is 543. The van der Waals surface area contributed by atoms with Crippen molar-refractivity contribution in [2.24, 2.45) is 0 Å². The largest absolute Gasteiger partial charge is 0.493 e. The van der Waals surface area contributed by atoms with Gasteiger partial charge in [-0.15, -0.1) is 0 Å². The van der Waals surface area contributed by atoms with Crippen LogP contribution in [0.5, 0.6) is 5.75 Å². The van der Waals surface area contributed by atoms with E-state index in [9.17, 15) is 19.7 Å². The zero-order valence-corrected chi connectivity index (χ0v) is 11.0. The molecule has 0 radical (unpaired) electrons. The van der Waals surface area contributed by atoms with Gasteiger partial charge in [-0.2, -0.15) is 0 Å². The van der Waals surface area contributed by atoms with Crippen molar-refractivity contribution in [1.82, 2.24) is 4.90 Å². The number of benzene rings is 1. The molecule has 8 heteroatoms. The summed E-state index contributed by atoms with van der Waals surface area (Å²) in [6.45, 7) is 1.34. The minimum absolute atomic E-state index is 0.0592. The number of carbonyl (C=O) groups is 2. The lowest BCUT2D eigenvalue weighted by Crippen LogP contribution is -2.32. The zero-order valence-electron chi connectivity index (χ0n) is 11.0. The van der Waals surface area contributed by atoms with Crippen molar-refractivity contribution < 1.29 is 24.4 Å². The number of rotatable bonds is 6. The van der Waals surface area contributed by atoms with Crippen LogP contribution in [0.1, 0.15) is 17.3 Å². The second-order valence-electron chi connectivity index (χ2n) is 3.90. The average Bonchev–Trinajstić information content (AvgIpc) is 2.37. The highest BCUT2D eigenvalue weighted by Gasteiger charge is 2.28. The molecule has 0 saturated carbocycles. The maximum absolute atomic E-state index is 12.2. The molecule has 0 saturated heterocycles. The molecule has 1 N–H and O–H groups in total. The number of carboxylic acids is 1. The van der Waals surface area contributed by atoms with Crippen LogP contribution in [-0.4, -0.2) is 47.0 Å². The molecular weight excluding hydrogens is 268 g/mol. The molecule has 0 aliphatic heterocycles. The Morgan fingerprint density at radius 2 is 2.10 bits per heavy atom. The number of likely N-dealkylation sites (N-methyl/N-ethyl adjacent to an activating group) is 1. The highest BCUT2D eigenvalue weighted by molar-refractivity contribution is 6.01. The summed E-state index contributed by atoms with van der Waals surface area (Å²) in [5.41, 5.74) is -0.665. The van der Waals surface area contributed by atoms with Crippen LogP contribution in [0.15, 0.2) is 18.2 Å². The predicted octanol–water partition coefficient (Wildman–Crippen LogP) is 1.15. The van der Waals surface area contributed by atoms with Crippen molar-refractivity contribution in [2.75, 3.05) is 20.2 Å². The molecule has 20 heavy (non-hydrogen) atoms. The van der Waals surface area contributed by atoms with Crippen LogP contribution in [0, 0.1) is 10.1 Å².